The Hall–Kier alpha value is -2.00. The van der Waals surface area contributed by atoms with Crippen LogP contribution in [0.15, 0.2) is 60.9 Å². The van der Waals surface area contributed by atoms with Crippen LogP contribution in [-0.4, -0.2) is 75.3 Å². The summed E-state index contributed by atoms with van der Waals surface area (Å²) < 4.78 is 34.2. The quantitative estimate of drug-likeness (QED) is 0.0125. The number of allylic oxidation sites excluding steroid dienone is 7. The Morgan fingerprint density at radius 1 is 0.704 bits per heavy atom. The third kappa shape index (κ3) is 39.7. The second-order valence-corrected chi connectivity index (χ2v) is 16.6. The number of phosphoric ester groups is 1. The van der Waals surface area contributed by atoms with Gasteiger partial charge in [-0.2, -0.15) is 0 Å². The van der Waals surface area contributed by atoms with E-state index in [1.165, 1.54) is 57.8 Å². The predicted octanol–water partition coefficient (Wildman–Crippen LogP) is 10.8. The van der Waals surface area contributed by atoms with Gasteiger partial charge in [-0.25, -0.2) is 0 Å². The van der Waals surface area contributed by atoms with Crippen LogP contribution in [0.4, 0.5) is 0 Å². The van der Waals surface area contributed by atoms with E-state index >= 15 is 0 Å². The Morgan fingerprint density at radius 2 is 1.28 bits per heavy atom. The topological polar surface area (TPSA) is 114 Å². The van der Waals surface area contributed by atoms with Gasteiger partial charge in [-0.15, -0.1) is 0 Å². The molecule has 0 rings (SSSR count). The summed E-state index contributed by atoms with van der Waals surface area (Å²) in [5, 5.41) is 9.88. The van der Waals surface area contributed by atoms with Crippen molar-refractivity contribution in [2.24, 2.45) is 0 Å². The molecule has 54 heavy (non-hydrogen) atoms. The third-order valence-corrected chi connectivity index (χ3v) is 9.66. The second-order valence-electron chi connectivity index (χ2n) is 15.2. The molecule has 2 unspecified atom stereocenters. The van der Waals surface area contributed by atoms with Crippen LogP contribution < -0.4 is 4.89 Å². The number of carbonyl (C=O) groups is 1. The number of phosphoric acid groups is 1. The van der Waals surface area contributed by atoms with Gasteiger partial charge in [-0.3, -0.25) is 9.36 Å². The zero-order chi connectivity index (χ0) is 40.0. The van der Waals surface area contributed by atoms with Gasteiger partial charge in [-0.1, -0.05) is 127 Å². The molecule has 0 spiro atoms. The van der Waals surface area contributed by atoms with Crippen LogP contribution in [0.3, 0.4) is 0 Å². The van der Waals surface area contributed by atoms with Crippen molar-refractivity contribution in [3.63, 3.8) is 0 Å². The first-order valence-electron chi connectivity index (χ1n) is 21.2. The van der Waals surface area contributed by atoms with Crippen LogP contribution in [0.1, 0.15) is 155 Å². The highest BCUT2D eigenvalue weighted by Crippen LogP contribution is 2.38. The molecule has 0 saturated heterocycles. The van der Waals surface area contributed by atoms with E-state index in [1.54, 1.807) is 12.3 Å². The average molecular weight is 782 g/mol. The SMILES string of the molecule is CC/C=C/CC(O)/C=C/C=C/CCCCCCCC(=O)O[C@H](CO/C=C/CCCCCC/C=C\CCCCCCCC)COP(=O)([O-])OCC[N+](C)(C)C. The van der Waals surface area contributed by atoms with Crippen molar-refractivity contribution in [1.29, 1.82) is 0 Å². The number of ether oxygens (including phenoxy) is 2. The van der Waals surface area contributed by atoms with Gasteiger partial charge in [0.15, 0.2) is 6.10 Å². The second kappa shape index (κ2) is 36.6. The molecular formula is C44H80NO8P. The monoisotopic (exact) mass is 782 g/mol. The molecule has 0 aromatic heterocycles. The number of aliphatic hydroxyl groups excluding tert-OH is 1. The standard InChI is InChI=1S/C44H80NO8P/c1-6-8-10-11-12-13-14-15-16-17-18-19-23-26-29-33-38-50-40-43(41-52-54(48,49)51-39-37-45(3,4)5)53-44(47)36-32-28-25-22-20-21-24-27-31-35-42(46)34-30-9-7-2/h9,15-16,24,27,30-31,33,35,38,42-43,46H,6-8,10-14,17-23,25-26,28-29,32,34,36-37,39-41H2,1-5H3/b16-15-,27-24+,30-9+,35-31+,38-33+/t42?,43-/m1/s1. The lowest BCUT2D eigenvalue weighted by molar-refractivity contribution is -0.870. The smallest absolute Gasteiger partial charge is 0.306 e. The van der Waals surface area contributed by atoms with E-state index in [9.17, 15) is 19.4 Å². The van der Waals surface area contributed by atoms with E-state index in [-0.39, 0.29) is 26.2 Å². The molecule has 0 aliphatic heterocycles. The lowest BCUT2D eigenvalue weighted by atomic mass is 10.1. The van der Waals surface area contributed by atoms with Crippen molar-refractivity contribution in [2.45, 2.75) is 167 Å². The van der Waals surface area contributed by atoms with Crippen molar-refractivity contribution in [3.05, 3.63) is 60.9 Å². The van der Waals surface area contributed by atoms with Crippen molar-refractivity contribution in [1.82, 2.24) is 0 Å². The Bertz CT molecular complexity index is 1070. The van der Waals surface area contributed by atoms with Gasteiger partial charge in [0.1, 0.15) is 19.8 Å². The first kappa shape index (κ1) is 52.0. The van der Waals surface area contributed by atoms with Crippen molar-refractivity contribution < 1.29 is 42.4 Å². The maximum absolute atomic E-state index is 12.6. The molecule has 0 aromatic rings. The average Bonchev–Trinajstić information content (AvgIpc) is 3.11. The zero-order valence-corrected chi connectivity index (χ0v) is 35.9. The summed E-state index contributed by atoms with van der Waals surface area (Å²) in [5.41, 5.74) is 0. The highest BCUT2D eigenvalue weighted by molar-refractivity contribution is 7.45. The fourth-order valence-electron chi connectivity index (χ4n) is 5.36. The Balaban J connectivity index is 4.41. The molecule has 0 bridgehead atoms. The molecule has 1 N–H and O–H groups in total. The summed E-state index contributed by atoms with van der Waals surface area (Å²) in [6, 6.07) is 0. The highest BCUT2D eigenvalue weighted by Gasteiger charge is 2.20. The van der Waals surface area contributed by atoms with E-state index in [2.05, 4.69) is 38.2 Å². The van der Waals surface area contributed by atoms with Gasteiger partial charge >= 0.3 is 5.97 Å². The zero-order valence-electron chi connectivity index (χ0n) is 35.0. The lowest BCUT2D eigenvalue weighted by Crippen LogP contribution is -2.37. The minimum atomic E-state index is -4.56. The van der Waals surface area contributed by atoms with Crippen LogP contribution in [0, 0.1) is 0 Å². The van der Waals surface area contributed by atoms with E-state index in [0.717, 1.165) is 64.2 Å². The molecule has 314 valence electrons. The number of carbonyl (C=O) groups excluding carboxylic acids is 1. The fourth-order valence-corrected chi connectivity index (χ4v) is 6.09. The molecule has 0 saturated carbocycles. The highest BCUT2D eigenvalue weighted by atomic mass is 31.2. The van der Waals surface area contributed by atoms with E-state index in [4.69, 9.17) is 18.5 Å². The molecule has 9 nitrogen and oxygen atoms in total. The van der Waals surface area contributed by atoms with Crippen LogP contribution >= 0.6 is 7.82 Å². The van der Waals surface area contributed by atoms with Gasteiger partial charge in [0.25, 0.3) is 7.82 Å². The van der Waals surface area contributed by atoms with Gasteiger partial charge in [-0.05, 0) is 76.7 Å². The Morgan fingerprint density at radius 3 is 1.89 bits per heavy atom. The molecular weight excluding hydrogens is 701 g/mol. The van der Waals surface area contributed by atoms with Crippen LogP contribution in [-0.2, 0) is 27.9 Å². The molecule has 0 aromatic carbocycles. The minimum Gasteiger partial charge on any atom is -0.756 e. The number of aliphatic hydroxyl groups is 1. The predicted molar refractivity (Wildman–Crippen MR) is 223 cm³/mol. The first-order chi connectivity index (χ1) is 26.0. The van der Waals surface area contributed by atoms with Crippen LogP contribution in [0.5, 0.6) is 0 Å². The van der Waals surface area contributed by atoms with E-state index in [0.29, 0.717) is 23.9 Å². The summed E-state index contributed by atoms with van der Waals surface area (Å²) in [6.07, 6.45) is 42.2. The molecule has 0 fully saturated rings. The number of unbranched alkanes of at least 4 members (excludes halogenated alkanes) is 16. The molecule has 3 atom stereocenters. The van der Waals surface area contributed by atoms with Crippen LogP contribution in [0.25, 0.3) is 0 Å². The minimum absolute atomic E-state index is 0.00139. The Kier molecular flexibility index (Phi) is 35.3. The van der Waals surface area contributed by atoms with Gasteiger partial charge in [0, 0.05) is 6.42 Å². The van der Waals surface area contributed by atoms with Gasteiger partial charge in [0.05, 0.1) is 40.1 Å². The molecule has 0 aliphatic rings. The molecule has 0 aliphatic carbocycles. The summed E-state index contributed by atoms with van der Waals surface area (Å²) in [4.78, 5) is 25.0. The molecule has 0 radical (unpaired) electrons. The molecule has 0 amide bonds. The summed E-state index contributed by atoms with van der Waals surface area (Å²) >= 11 is 0. The number of esters is 1. The van der Waals surface area contributed by atoms with Crippen LogP contribution in [0.2, 0.25) is 0 Å². The molecule has 0 heterocycles. The van der Waals surface area contributed by atoms with E-state index < -0.39 is 26.0 Å². The number of hydrogen-bond donors (Lipinski definition) is 1. The maximum atomic E-state index is 12.6. The van der Waals surface area contributed by atoms with Gasteiger partial charge in [0.2, 0.25) is 0 Å². The maximum Gasteiger partial charge on any atom is 0.306 e. The van der Waals surface area contributed by atoms with Crippen molar-refractivity contribution in [2.75, 3.05) is 47.5 Å². The molecule has 10 heteroatoms. The fraction of sp³-hybridized carbons (Fsp3) is 0.750. The number of quaternary nitrogens is 1. The summed E-state index contributed by atoms with van der Waals surface area (Å²) in [6.45, 7) is 4.45. The normalized spacial score (nSPS) is 14.9. The Labute approximate surface area is 331 Å². The number of likely N-dealkylation sites (N-methyl/N-ethyl adjacent to an activating group) is 1. The number of hydrogen-bond acceptors (Lipinski definition) is 8. The number of rotatable bonds is 38. The van der Waals surface area contributed by atoms with Crippen molar-refractivity contribution in [3.8, 4) is 0 Å². The van der Waals surface area contributed by atoms with Crippen molar-refractivity contribution >= 4 is 13.8 Å². The number of nitrogens with zero attached hydrogens (tertiary/aromatic N) is 1. The summed E-state index contributed by atoms with van der Waals surface area (Å²) in [7, 11) is 1.26. The van der Waals surface area contributed by atoms with Gasteiger partial charge < -0.3 is 33.0 Å². The first-order valence-corrected chi connectivity index (χ1v) is 22.6. The lowest BCUT2D eigenvalue weighted by Gasteiger charge is -2.28. The third-order valence-electron chi connectivity index (χ3n) is 8.70. The van der Waals surface area contributed by atoms with E-state index in [1.807, 2.05) is 45.4 Å². The summed E-state index contributed by atoms with van der Waals surface area (Å²) in [5.74, 6) is -0.401. The largest absolute Gasteiger partial charge is 0.756 e.